The maximum Gasteiger partial charge on any atom is 0.306 e. The van der Waals surface area contributed by atoms with E-state index in [1.54, 1.807) is 23.5 Å². The Balaban J connectivity index is 1.70. The summed E-state index contributed by atoms with van der Waals surface area (Å²) in [7, 11) is 0. The zero-order valence-electron chi connectivity index (χ0n) is 11.5. The molecule has 21 heavy (non-hydrogen) atoms. The molecule has 0 saturated heterocycles. The lowest BCUT2D eigenvalue weighted by Gasteiger charge is -2.25. The van der Waals surface area contributed by atoms with E-state index in [2.05, 4.69) is 21.2 Å². The maximum atomic E-state index is 11.7. The highest BCUT2D eigenvalue weighted by Crippen LogP contribution is 2.28. The highest BCUT2D eigenvalue weighted by Gasteiger charge is 2.25. The van der Waals surface area contributed by atoms with Gasteiger partial charge in [-0.1, -0.05) is 0 Å². The smallest absolute Gasteiger partial charge is 0.306 e. The number of carboxylic acids is 1. The van der Waals surface area contributed by atoms with Crippen LogP contribution in [-0.2, 0) is 9.59 Å². The van der Waals surface area contributed by atoms with E-state index in [1.165, 1.54) is 0 Å². The number of carbonyl (C=O) groups excluding carboxylic acids is 1. The van der Waals surface area contributed by atoms with Gasteiger partial charge in [-0.2, -0.15) is 0 Å². The number of aliphatic carboxylic acids is 1. The quantitative estimate of drug-likeness (QED) is 0.777. The fourth-order valence-electron chi connectivity index (χ4n) is 2.49. The predicted molar refractivity (Wildman–Crippen MR) is 87.1 cm³/mol. The van der Waals surface area contributed by atoms with Crippen LogP contribution >= 0.6 is 27.3 Å². The first-order chi connectivity index (χ1) is 10.0. The molecule has 4 nitrogen and oxygen atoms in total. The van der Waals surface area contributed by atoms with Gasteiger partial charge in [0.05, 0.1) is 9.70 Å². The third-order valence-corrected chi connectivity index (χ3v) is 5.34. The van der Waals surface area contributed by atoms with Crippen molar-refractivity contribution in [2.75, 3.05) is 6.54 Å². The van der Waals surface area contributed by atoms with Crippen molar-refractivity contribution in [2.24, 2.45) is 11.8 Å². The zero-order valence-corrected chi connectivity index (χ0v) is 14.0. The van der Waals surface area contributed by atoms with Gasteiger partial charge >= 0.3 is 5.97 Å². The summed E-state index contributed by atoms with van der Waals surface area (Å²) in [6.07, 6.45) is 6.52. The van der Waals surface area contributed by atoms with Gasteiger partial charge < -0.3 is 10.4 Å². The van der Waals surface area contributed by atoms with Gasteiger partial charge in [0.2, 0.25) is 5.91 Å². The van der Waals surface area contributed by atoms with Crippen LogP contribution in [0.2, 0.25) is 0 Å². The molecular formula is C15H18BrNO3S. The summed E-state index contributed by atoms with van der Waals surface area (Å²) in [4.78, 5) is 23.6. The minimum Gasteiger partial charge on any atom is -0.481 e. The molecule has 1 fully saturated rings. The molecule has 114 valence electrons. The lowest BCUT2D eigenvalue weighted by Crippen LogP contribution is -2.31. The van der Waals surface area contributed by atoms with E-state index in [-0.39, 0.29) is 11.8 Å². The predicted octanol–water partition coefficient (Wildman–Crippen LogP) is 3.53. The lowest BCUT2D eigenvalue weighted by atomic mass is 9.82. The lowest BCUT2D eigenvalue weighted by molar-refractivity contribution is -0.143. The van der Waals surface area contributed by atoms with E-state index in [1.807, 2.05) is 12.1 Å². The van der Waals surface area contributed by atoms with Crippen molar-refractivity contribution in [2.45, 2.75) is 25.7 Å². The van der Waals surface area contributed by atoms with Crippen molar-refractivity contribution < 1.29 is 14.7 Å². The van der Waals surface area contributed by atoms with Gasteiger partial charge in [0.25, 0.3) is 0 Å². The van der Waals surface area contributed by atoms with Gasteiger partial charge in [0.15, 0.2) is 0 Å². The van der Waals surface area contributed by atoms with Crippen molar-refractivity contribution in [1.29, 1.82) is 0 Å². The normalized spacial score (nSPS) is 22.3. The van der Waals surface area contributed by atoms with Crippen LogP contribution in [0.4, 0.5) is 0 Å². The monoisotopic (exact) mass is 371 g/mol. The standard InChI is InChI=1S/C15H18BrNO3S/c16-13-7-5-12(21-13)6-8-14(18)17-9-10-1-3-11(4-2-10)15(19)20/h5-8,10-11H,1-4,9H2,(H,17,18)(H,19,20)/b8-6+. The van der Waals surface area contributed by atoms with Crippen molar-refractivity contribution >= 4 is 45.2 Å². The van der Waals surface area contributed by atoms with Gasteiger partial charge in [-0.15, -0.1) is 11.3 Å². The third kappa shape index (κ3) is 5.28. The summed E-state index contributed by atoms with van der Waals surface area (Å²) in [6.45, 7) is 0.629. The molecule has 1 heterocycles. The van der Waals surface area contributed by atoms with E-state index in [9.17, 15) is 9.59 Å². The Morgan fingerprint density at radius 1 is 1.33 bits per heavy atom. The van der Waals surface area contributed by atoms with Crippen LogP contribution in [0.15, 0.2) is 22.0 Å². The largest absolute Gasteiger partial charge is 0.481 e. The molecule has 0 radical (unpaired) electrons. The SMILES string of the molecule is O=C(/C=C/c1ccc(Br)s1)NCC1CCC(C(=O)O)CC1. The average molecular weight is 372 g/mol. The fraction of sp³-hybridized carbons (Fsp3) is 0.467. The number of amides is 1. The summed E-state index contributed by atoms with van der Waals surface area (Å²) >= 11 is 4.95. The molecule has 1 aliphatic carbocycles. The topological polar surface area (TPSA) is 66.4 Å². The minimum atomic E-state index is -0.692. The second-order valence-corrected chi connectivity index (χ2v) is 7.77. The van der Waals surface area contributed by atoms with Gasteiger partial charge in [-0.05, 0) is 65.7 Å². The van der Waals surface area contributed by atoms with E-state index in [0.29, 0.717) is 12.5 Å². The van der Waals surface area contributed by atoms with Crippen molar-refractivity contribution in [3.63, 3.8) is 0 Å². The van der Waals surface area contributed by atoms with Crippen LogP contribution in [0.1, 0.15) is 30.6 Å². The molecule has 0 spiro atoms. The Morgan fingerprint density at radius 2 is 2.05 bits per heavy atom. The van der Waals surface area contributed by atoms with Gasteiger partial charge in [0.1, 0.15) is 0 Å². The zero-order chi connectivity index (χ0) is 15.2. The number of hydrogen-bond acceptors (Lipinski definition) is 3. The third-order valence-electron chi connectivity index (χ3n) is 3.75. The Bertz CT molecular complexity index is 533. The molecule has 2 N–H and O–H groups in total. The molecule has 0 unspecified atom stereocenters. The van der Waals surface area contributed by atoms with E-state index < -0.39 is 5.97 Å². The van der Waals surface area contributed by atoms with Crippen LogP contribution in [0.25, 0.3) is 6.08 Å². The maximum absolute atomic E-state index is 11.7. The second-order valence-electron chi connectivity index (χ2n) is 5.28. The number of carboxylic acid groups (broad SMARTS) is 1. The Morgan fingerprint density at radius 3 is 2.62 bits per heavy atom. The van der Waals surface area contributed by atoms with E-state index in [4.69, 9.17) is 5.11 Å². The number of thiophene rings is 1. The molecule has 0 aromatic carbocycles. The molecule has 1 saturated carbocycles. The Kier molecular flexibility index (Phi) is 5.99. The number of hydrogen-bond donors (Lipinski definition) is 2. The van der Waals surface area contributed by atoms with Crippen LogP contribution in [0.3, 0.4) is 0 Å². The average Bonchev–Trinajstić information content (AvgIpc) is 2.89. The molecule has 1 aliphatic rings. The molecule has 0 aliphatic heterocycles. The van der Waals surface area contributed by atoms with E-state index >= 15 is 0 Å². The summed E-state index contributed by atoms with van der Waals surface area (Å²) in [5.41, 5.74) is 0. The van der Waals surface area contributed by atoms with Gasteiger partial charge in [0, 0.05) is 17.5 Å². The van der Waals surface area contributed by atoms with Crippen LogP contribution < -0.4 is 5.32 Å². The van der Waals surface area contributed by atoms with Gasteiger partial charge in [-0.3, -0.25) is 9.59 Å². The highest BCUT2D eigenvalue weighted by atomic mass is 79.9. The summed E-state index contributed by atoms with van der Waals surface area (Å²) < 4.78 is 1.04. The van der Waals surface area contributed by atoms with E-state index in [0.717, 1.165) is 34.3 Å². The van der Waals surface area contributed by atoms with Crippen LogP contribution in [0, 0.1) is 11.8 Å². The van der Waals surface area contributed by atoms with Crippen molar-refractivity contribution in [3.8, 4) is 0 Å². The van der Waals surface area contributed by atoms with Crippen LogP contribution in [-0.4, -0.2) is 23.5 Å². The molecule has 0 atom stereocenters. The summed E-state index contributed by atoms with van der Waals surface area (Å²) in [5.74, 6) is -0.592. The van der Waals surface area contributed by atoms with Crippen LogP contribution in [0.5, 0.6) is 0 Å². The second kappa shape index (κ2) is 7.75. The number of rotatable bonds is 5. The molecule has 1 aromatic heterocycles. The number of halogens is 1. The first kappa shape index (κ1) is 16.2. The molecule has 1 aromatic rings. The number of nitrogens with one attached hydrogen (secondary N) is 1. The van der Waals surface area contributed by atoms with Crippen molar-refractivity contribution in [3.05, 3.63) is 26.9 Å². The molecule has 2 rings (SSSR count). The summed E-state index contributed by atoms with van der Waals surface area (Å²) in [5, 5.41) is 11.8. The molecular weight excluding hydrogens is 354 g/mol. The Labute approximate surface area is 136 Å². The fourth-order valence-corrected chi connectivity index (χ4v) is 3.82. The molecule has 1 amide bonds. The summed E-state index contributed by atoms with van der Waals surface area (Å²) in [6, 6.07) is 3.90. The van der Waals surface area contributed by atoms with Gasteiger partial charge in [-0.25, -0.2) is 0 Å². The first-order valence-electron chi connectivity index (χ1n) is 6.98. The number of carbonyl (C=O) groups is 2. The highest BCUT2D eigenvalue weighted by molar-refractivity contribution is 9.11. The molecule has 0 bridgehead atoms. The first-order valence-corrected chi connectivity index (χ1v) is 8.59. The Hall–Kier alpha value is -1.14. The minimum absolute atomic E-state index is 0.0973. The molecule has 6 heteroatoms. The van der Waals surface area contributed by atoms with Crippen molar-refractivity contribution in [1.82, 2.24) is 5.32 Å².